The first-order valence-electron chi connectivity index (χ1n) is 11.0. The molecule has 1 fully saturated rings. The van der Waals surface area contributed by atoms with Crippen LogP contribution in [0.4, 0.5) is 11.4 Å². The molecule has 1 aromatic heterocycles. The SMILES string of the molecule is CCc1ccc(N2C(=O)c3ccccc3NC2c2c(C)nn(C3CCS(=O)(=O)C3)c2Cl)cc1. The molecule has 1 amide bonds. The number of carbonyl (C=O) groups excluding carboxylic acids is 1. The van der Waals surface area contributed by atoms with Gasteiger partial charge in [-0.3, -0.25) is 9.69 Å². The van der Waals surface area contributed by atoms with Crippen molar-refractivity contribution in [1.29, 1.82) is 0 Å². The topological polar surface area (TPSA) is 84.3 Å². The Hall–Kier alpha value is -2.84. The molecule has 0 bridgehead atoms. The van der Waals surface area contributed by atoms with E-state index >= 15 is 0 Å². The highest BCUT2D eigenvalue weighted by Crippen LogP contribution is 2.41. The van der Waals surface area contributed by atoms with Gasteiger partial charge in [0.1, 0.15) is 11.3 Å². The molecule has 3 heterocycles. The molecule has 2 aliphatic rings. The fourth-order valence-corrected chi connectivity index (χ4v) is 6.78. The molecule has 1 N–H and O–H groups in total. The van der Waals surface area contributed by atoms with Crippen LogP contribution < -0.4 is 10.2 Å². The zero-order valence-corrected chi connectivity index (χ0v) is 20.0. The zero-order valence-electron chi connectivity index (χ0n) is 18.5. The molecule has 0 saturated carbocycles. The van der Waals surface area contributed by atoms with Gasteiger partial charge in [-0.05, 0) is 49.6 Å². The van der Waals surface area contributed by atoms with Gasteiger partial charge in [0.2, 0.25) is 0 Å². The molecule has 1 saturated heterocycles. The van der Waals surface area contributed by atoms with Crippen LogP contribution in [0.25, 0.3) is 0 Å². The van der Waals surface area contributed by atoms with E-state index in [1.165, 1.54) is 5.56 Å². The van der Waals surface area contributed by atoms with Crippen LogP contribution in [0, 0.1) is 6.92 Å². The van der Waals surface area contributed by atoms with E-state index in [1.54, 1.807) is 15.6 Å². The lowest BCUT2D eigenvalue weighted by molar-refractivity contribution is 0.0975. The highest BCUT2D eigenvalue weighted by molar-refractivity contribution is 7.91. The summed E-state index contributed by atoms with van der Waals surface area (Å²) in [6.07, 6.45) is 0.796. The van der Waals surface area contributed by atoms with Crippen LogP contribution in [0.15, 0.2) is 48.5 Å². The molecule has 3 aromatic rings. The Morgan fingerprint density at radius 3 is 2.55 bits per heavy atom. The second-order valence-corrected chi connectivity index (χ2v) is 11.2. The van der Waals surface area contributed by atoms with Gasteiger partial charge in [0.15, 0.2) is 9.84 Å². The van der Waals surface area contributed by atoms with Gasteiger partial charge in [0.05, 0.1) is 34.4 Å². The summed E-state index contributed by atoms with van der Waals surface area (Å²) >= 11 is 6.84. The average molecular weight is 485 g/mol. The van der Waals surface area contributed by atoms with Crippen molar-refractivity contribution < 1.29 is 13.2 Å². The molecule has 5 rings (SSSR count). The fourth-order valence-electron chi connectivity index (χ4n) is 4.67. The molecule has 7 nitrogen and oxygen atoms in total. The van der Waals surface area contributed by atoms with Crippen LogP contribution in [0.5, 0.6) is 0 Å². The lowest BCUT2D eigenvalue weighted by Gasteiger charge is -2.38. The Labute approximate surface area is 198 Å². The van der Waals surface area contributed by atoms with E-state index in [2.05, 4.69) is 17.3 Å². The van der Waals surface area contributed by atoms with E-state index in [4.69, 9.17) is 11.6 Å². The molecule has 2 aliphatic heterocycles. The van der Waals surface area contributed by atoms with Crippen molar-refractivity contribution >= 4 is 38.7 Å². The minimum absolute atomic E-state index is 0.0231. The van der Waals surface area contributed by atoms with Gasteiger partial charge >= 0.3 is 0 Å². The first kappa shape index (κ1) is 22.0. The molecule has 172 valence electrons. The Bertz CT molecular complexity index is 1330. The number of hydrogen-bond donors (Lipinski definition) is 1. The van der Waals surface area contributed by atoms with Crippen molar-refractivity contribution in [1.82, 2.24) is 9.78 Å². The maximum atomic E-state index is 13.7. The van der Waals surface area contributed by atoms with Crippen molar-refractivity contribution in [2.45, 2.75) is 38.9 Å². The number of anilines is 2. The highest BCUT2D eigenvalue weighted by Gasteiger charge is 2.39. The Morgan fingerprint density at radius 1 is 1.15 bits per heavy atom. The van der Waals surface area contributed by atoms with Crippen LogP contribution in [-0.4, -0.2) is 35.6 Å². The van der Waals surface area contributed by atoms with Gasteiger partial charge in [-0.15, -0.1) is 0 Å². The van der Waals surface area contributed by atoms with E-state index in [9.17, 15) is 13.2 Å². The van der Waals surface area contributed by atoms with Crippen LogP contribution in [0.3, 0.4) is 0 Å². The monoisotopic (exact) mass is 484 g/mol. The first-order chi connectivity index (χ1) is 15.8. The zero-order chi connectivity index (χ0) is 23.3. The van der Waals surface area contributed by atoms with Crippen molar-refractivity contribution in [3.05, 3.63) is 76.1 Å². The third-order valence-corrected chi connectivity index (χ3v) is 8.58. The number of sulfone groups is 1. The second kappa shape index (κ2) is 8.18. The quantitative estimate of drug-likeness (QED) is 0.587. The molecule has 9 heteroatoms. The lowest BCUT2D eigenvalue weighted by atomic mass is 10.0. The van der Waals surface area contributed by atoms with E-state index in [0.717, 1.165) is 17.8 Å². The van der Waals surface area contributed by atoms with E-state index in [1.807, 2.05) is 49.4 Å². The number of amides is 1. The van der Waals surface area contributed by atoms with Gasteiger partial charge in [0, 0.05) is 11.4 Å². The number of aromatic nitrogens is 2. The number of fused-ring (bicyclic) bond motifs is 1. The van der Waals surface area contributed by atoms with Crippen molar-refractivity contribution in [3.8, 4) is 0 Å². The van der Waals surface area contributed by atoms with Gasteiger partial charge in [-0.2, -0.15) is 5.10 Å². The van der Waals surface area contributed by atoms with Crippen molar-refractivity contribution in [2.75, 3.05) is 21.7 Å². The van der Waals surface area contributed by atoms with Crippen LogP contribution >= 0.6 is 11.6 Å². The molecule has 2 atom stereocenters. The van der Waals surface area contributed by atoms with Crippen LogP contribution in [-0.2, 0) is 16.3 Å². The van der Waals surface area contributed by atoms with Crippen LogP contribution in [0.2, 0.25) is 5.15 Å². The summed E-state index contributed by atoms with van der Waals surface area (Å²) in [4.78, 5) is 15.4. The van der Waals surface area contributed by atoms with Crippen LogP contribution in [0.1, 0.15) is 52.7 Å². The minimum atomic E-state index is -3.10. The molecular formula is C24H25ClN4O3S. The van der Waals surface area contributed by atoms with Gasteiger partial charge < -0.3 is 5.32 Å². The molecule has 0 aliphatic carbocycles. The van der Waals surface area contributed by atoms with E-state index in [0.29, 0.717) is 28.4 Å². The van der Waals surface area contributed by atoms with Gasteiger partial charge in [-0.1, -0.05) is 42.8 Å². The normalized spacial score (nSPS) is 21.7. The largest absolute Gasteiger partial charge is 0.360 e. The number of rotatable bonds is 4. The first-order valence-corrected chi connectivity index (χ1v) is 13.2. The summed E-state index contributed by atoms with van der Waals surface area (Å²) in [5.41, 5.74) is 4.55. The summed E-state index contributed by atoms with van der Waals surface area (Å²) in [5, 5.41) is 8.44. The van der Waals surface area contributed by atoms with Gasteiger partial charge in [-0.25, -0.2) is 13.1 Å². The number of nitrogens with zero attached hydrogens (tertiary/aromatic N) is 3. The number of aryl methyl sites for hydroxylation is 2. The average Bonchev–Trinajstić information content (AvgIpc) is 3.31. The predicted octanol–water partition coefficient (Wildman–Crippen LogP) is 4.54. The summed E-state index contributed by atoms with van der Waals surface area (Å²) in [6, 6.07) is 15.0. The summed E-state index contributed by atoms with van der Waals surface area (Å²) in [6.45, 7) is 3.93. The standard InChI is InChI=1S/C24H25ClN4O3S/c1-3-16-8-10-17(11-9-16)28-23(26-20-7-5-4-6-19(20)24(28)30)21-15(2)27-29(22(21)25)18-12-13-33(31,32)14-18/h4-11,18,23,26H,3,12-14H2,1-2H3. The Balaban J connectivity index is 1.62. The molecule has 0 spiro atoms. The summed E-state index contributed by atoms with van der Waals surface area (Å²) in [5.74, 6) is 0.0198. The number of para-hydroxylation sites is 1. The molecular weight excluding hydrogens is 460 g/mol. The Morgan fingerprint density at radius 2 is 1.88 bits per heavy atom. The lowest BCUT2D eigenvalue weighted by Crippen LogP contribution is -2.43. The summed E-state index contributed by atoms with van der Waals surface area (Å²) in [7, 11) is -3.10. The molecule has 0 radical (unpaired) electrons. The second-order valence-electron chi connectivity index (χ2n) is 8.58. The Kier molecular flexibility index (Phi) is 5.45. The van der Waals surface area contributed by atoms with E-state index < -0.39 is 16.0 Å². The smallest absolute Gasteiger partial charge is 0.262 e. The number of nitrogens with one attached hydrogen (secondary N) is 1. The van der Waals surface area contributed by atoms with Gasteiger partial charge in [0.25, 0.3) is 5.91 Å². The number of halogens is 1. The third kappa shape index (κ3) is 3.81. The predicted molar refractivity (Wildman–Crippen MR) is 130 cm³/mol. The fraction of sp³-hybridized carbons (Fsp3) is 0.333. The highest BCUT2D eigenvalue weighted by atomic mass is 35.5. The van der Waals surface area contributed by atoms with E-state index in [-0.39, 0.29) is 23.5 Å². The van der Waals surface area contributed by atoms with Crippen molar-refractivity contribution in [2.24, 2.45) is 0 Å². The summed E-state index contributed by atoms with van der Waals surface area (Å²) < 4.78 is 25.7. The number of benzene rings is 2. The van der Waals surface area contributed by atoms with Crippen molar-refractivity contribution in [3.63, 3.8) is 0 Å². The maximum Gasteiger partial charge on any atom is 0.262 e. The molecule has 2 unspecified atom stereocenters. The molecule has 2 aromatic carbocycles. The maximum absolute atomic E-state index is 13.7. The minimum Gasteiger partial charge on any atom is -0.360 e. The number of carbonyl (C=O) groups is 1. The molecule has 33 heavy (non-hydrogen) atoms. The third-order valence-electron chi connectivity index (χ3n) is 6.45. The number of hydrogen-bond acceptors (Lipinski definition) is 5.